The summed E-state index contributed by atoms with van der Waals surface area (Å²) in [5, 5.41) is 9.23. The minimum Gasteiger partial charge on any atom is -0.456 e. The summed E-state index contributed by atoms with van der Waals surface area (Å²) in [6.45, 7) is 0. The fourth-order valence-electron chi connectivity index (χ4n) is 8.18. The predicted octanol–water partition coefficient (Wildman–Crippen LogP) is 14.6. The van der Waals surface area contributed by atoms with Crippen molar-refractivity contribution >= 4 is 82.5 Å². The minimum atomic E-state index is 0.863. The average molecular weight is 678 g/mol. The van der Waals surface area contributed by atoms with Crippen LogP contribution < -0.4 is 4.90 Å². The highest BCUT2D eigenvalue weighted by atomic mass is 16.3. The van der Waals surface area contributed by atoms with Gasteiger partial charge in [-0.3, -0.25) is 0 Å². The maximum absolute atomic E-state index is 6.70. The van der Waals surface area contributed by atoms with Gasteiger partial charge in [0.15, 0.2) is 0 Å². The van der Waals surface area contributed by atoms with Gasteiger partial charge in [-0.15, -0.1) is 0 Å². The van der Waals surface area contributed by atoms with E-state index in [4.69, 9.17) is 8.83 Å². The van der Waals surface area contributed by atoms with E-state index in [9.17, 15) is 0 Å². The van der Waals surface area contributed by atoms with Gasteiger partial charge in [-0.25, -0.2) is 0 Å². The molecule has 2 aromatic heterocycles. The van der Waals surface area contributed by atoms with Gasteiger partial charge in [-0.2, -0.15) is 0 Å². The molecule has 0 saturated carbocycles. The molecule has 0 atom stereocenters. The lowest BCUT2D eigenvalue weighted by molar-refractivity contribution is 0.669. The number of para-hydroxylation sites is 2. The molecule has 0 saturated heterocycles. The summed E-state index contributed by atoms with van der Waals surface area (Å²) in [6, 6.07) is 66.7. The van der Waals surface area contributed by atoms with E-state index in [0.29, 0.717) is 0 Å². The topological polar surface area (TPSA) is 29.5 Å². The number of hydrogen-bond acceptors (Lipinski definition) is 3. The lowest BCUT2D eigenvalue weighted by atomic mass is 9.98. The molecule has 0 aliphatic heterocycles. The molecule has 0 N–H and O–H groups in total. The zero-order valence-corrected chi connectivity index (χ0v) is 28.7. The van der Waals surface area contributed by atoms with Crippen molar-refractivity contribution in [3.05, 3.63) is 188 Å². The summed E-state index contributed by atoms with van der Waals surface area (Å²) >= 11 is 0. The van der Waals surface area contributed by atoms with E-state index in [2.05, 4.69) is 181 Å². The normalized spacial score (nSPS) is 11.8. The number of hydrogen-bond donors (Lipinski definition) is 0. The predicted molar refractivity (Wildman–Crippen MR) is 222 cm³/mol. The molecule has 0 amide bonds. The molecule has 0 fully saturated rings. The Labute approximate surface area is 305 Å². The van der Waals surface area contributed by atoms with Crippen molar-refractivity contribution in [1.82, 2.24) is 0 Å². The number of furan rings is 2. The lowest BCUT2D eigenvalue weighted by Crippen LogP contribution is -2.10. The molecule has 0 aliphatic carbocycles. The number of fused-ring (bicyclic) bond motifs is 9. The molecule has 0 unspecified atom stereocenters. The van der Waals surface area contributed by atoms with Gasteiger partial charge in [0.2, 0.25) is 0 Å². The lowest BCUT2D eigenvalue weighted by Gasteiger charge is -2.26. The smallest absolute Gasteiger partial charge is 0.143 e. The number of anilines is 3. The summed E-state index contributed by atoms with van der Waals surface area (Å²) < 4.78 is 13.1. The third kappa shape index (κ3) is 4.68. The van der Waals surface area contributed by atoms with Crippen molar-refractivity contribution in [2.75, 3.05) is 4.90 Å². The van der Waals surface area contributed by atoms with Crippen molar-refractivity contribution in [3.8, 4) is 22.3 Å². The Hall–Kier alpha value is -7.10. The Bertz CT molecular complexity index is 3160. The largest absolute Gasteiger partial charge is 0.456 e. The van der Waals surface area contributed by atoms with Gasteiger partial charge in [0, 0.05) is 38.5 Å². The number of benzene rings is 9. The first-order valence-electron chi connectivity index (χ1n) is 18.0. The van der Waals surface area contributed by atoms with E-state index in [1.807, 2.05) is 12.1 Å². The number of rotatable bonds is 5. The minimum absolute atomic E-state index is 0.863. The maximum Gasteiger partial charge on any atom is 0.143 e. The van der Waals surface area contributed by atoms with E-state index in [0.717, 1.165) is 77.5 Å². The van der Waals surface area contributed by atoms with E-state index in [1.165, 1.54) is 27.3 Å². The van der Waals surface area contributed by atoms with Crippen molar-refractivity contribution in [2.24, 2.45) is 0 Å². The molecule has 9 aromatic carbocycles. The van der Waals surface area contributed by atoms with Crippen molar-refractivity contribution in [1.29, 1.82) is 0 Å². The van der Waals surface area contributed by atoms with Gasteiger partial charge in [0.05, 0.1) is 11.1 Å². The summed E-state index contributed by atoms with van der Waals surface area (Å²) in [7, 11) is 0. The Morgan fingerprint density at radius 3 is 1.66 bits per heavy atom. The maximum atomic E-state index is 6.70. The van der Waals surface area contributed by atoms with Crippen LogP contribution in [-0.2, 0) is 0 Å². The van der Waals surface area contributed by atoms with Crippen molar-refractivity contribution in [2.45, 2.75) is 0 Å². The van der Waals surface area contributed by atoms with Crippen LogP contribution in [-0.4, -0.2) is 0 Å². The molecule has 0 bridgehead atoms. The highest BCUT2D eigenvalue weighted by Gasteiger charge is 2.20. The molecule has 2 heterocycles. The van der Waals surface area contributed by atoms with Crippen LogP contribution in [0.1, 0.15) is 0 Å². The van der Waals surface area contributed by atoms with Crippen LogP contribution >= 0.6 is 0 Å². The standard InChI is InChI=1S/C50H31NO2/c1-3-13-38-32(10-1)12-7-16-39(38)34-22-27-36(28-23-34)51(45-19-9-21-47-48(45)44-15-5-6-20-46(44)52-47)37-29-24-35(25-30-37)41-17-8-18-42-43-31-26-33-11-2-4-14-40(33)50(43)53-49(41)42/h1-31H. The third-order valence-corrected chi connectivity index (χ3v) is 10.7. The van der Waals surface area contributed by atoms with Crippen molar-refractivity contribution < 1.29 is 8.83 Å². The second kappa shape index (κ2) is 11.7. The Morgan fingerprint density at radius 1 is 0.321 bits per heavy atom. The first kappa shape index (κ1) is 29.6. The summed E-state index contributed by atoms with van der Waals surface area (Å²) in [5.74, 6) is 0. The van der Waals surface area contributed by atoms with Crippen LogP contribution in [0.4, 0.5) is 17.1 Å². The molecule has 3 heteroatoms. The number of nitrogens with zero attached hydrogens (tertiary/aromatic N) is 1. The monoisotopic (exact) mass is 677 g/mol. The molecule has 0 spiro atoms. The van der Waals surface area contributed by atoms with Crippen LogP contribution in [0.2, 0.25) is 0 Å². The molecular formula is C50H31NO2. The summed E-state index contributed by atoms with van der Waals surface area (Å²) in [4.78, 5) is 2.34. The highest BCUT2D eigenvalue weighted by molar-refractivity contribution is 6.17. The molecule has 11 aromatic rings. The van der Waals surface area contributed by atoms with Crippen LogP contribution in [0.25, 0.3) is 87.7 Å². The van der Waals surface area contributed by atoms with Crippen LogP contribution in [0.3, 0.4) is 0 Å². The second-order valence-corrected chi connectivity index (χ2v) is 13.7. The fourth-order valence-corrected chi connectivity index (χ4v) is 8.18. The molecule has 0 aliphatic rings. The molecule has 0 radical (unpaired) electrons. The first-order chi connectivity index (χ1) is 26.3. The SMILES string of the molecule is c1ccc2c(-c3ccc(N(c4ccc(-c5cccc6c5oc5c7ccccc7ccc65)cc4)c4cccc5oc6ccccc6c45)cc3)cccc2c1. The Kier molecular flexibility index (Phi) is 6.55. The quantitative estimate of drug-likeness (QED) is 0.182. The fraction of sp³-hybridized carbons (Fsp3) is 0. The van der Waals surface area contributed by atoms with Gasteiger partial charge in [0.25, 0.3) is 0 Å². The second-order valence-electron chi connectivity index (χ2n) is 13.7. The van der Waals surface area contributed by atoms with E-state index < -0.39 is 0 Å². The van der Waals surface area contributed by atoms with E-state index >= 15 is 0 Å². The Balaban J connectivity index is 1.06. The third-order valence-electron chi connectivity index (χ3n) is 10.7. The van der Waals surface area contributed by atoms with Crippen LogP contribution in [0, 0.1) is 0 Å². The molecule has 3 nitrogen and oxygen atoms in total. The van der Waals surface area contributed by atoms with Crippen LogP contribution in [0.5, 0.6) is 0 Å². The van der Waals surface area contributed by atoms with E-state index in [-0.39, 0.29) is 0 Å². The zero-order chi connectivity index (χ0) is 34.9. The molecular weight excluding hydrogens is 647 g/mol. The van der Waals surface area contributed by atoms with Crippen molar-refractivity contribution in [3.63, 3.8) is 0 Å². The van der Waals surface area contributed by atoms with Gasteiger partial charge in [-0.05, 0) is 81.4 Å². The summed E-state index contributed by atoms with van der Waals surface area (Å²) in [6.07, 6.45) is 0. The van der Waals surface area contributed by atoms with Gasteiger partial charge < -0.3 is 13.7 Å². The van der Waals surface area contributed by atoms with Crippen LogP contribution in [0.15, 0.2) is 197 Å². The zero-order valence-electron chi connectivity index (χ0n) is 28.7. The first-order valence-corrected chi connectivity index (χ1v) is 18.0. The van der Waals surface area contributed by atoms with E-state index in [1.54, 1.807) is 0 Å². The molecule has 248 valence electrons. The highest BCUT2D eigenvalue weighted by Crippen LogP contribution is 2.45. The average Bonchev–Trinajstić information content (AvgIpc) is 3.81. The van der Waals surface area contributed by atoms with Gasteiger partial charge in [-0.1, -0.05) is 140 Å². The molecule has 11 rings (SSSR count). The summed E-state index contributed by atoms with van der Waals surface area (Å²) in [5.41, 5.74) is 11.3. The molecule has 53 heavy (non-hydrogen) atoms. The Morgan fingerprint density at radius 2 is 0.868 bits per heavy atom. The van der Waals surface area contributed by atoms with Gasteiger partial charge in [0.1, 0.15) is 22.3 Å². The van der Waals surface area contributed by atoms with Gasteiger partial charge >= 0.3 is 0 Å².